The van der Waals surface area contributed by atoms with E-state index in [1.165, 1.54) is 5.56 Å². The summed E-state index contributed by atoms with van der Waals surface area (Å²) >= 11 is 4.98. The quantitative estimate of drug-likeness (QED) is 0.797. The summed E-state index contributed by atoms with van der Waals surface area (Å²) in [7, 11) is 0. The number of hydrogen-bond donors (Lipinski definition) is 2. The van der Waals surface area contributed by atoms with Gasteiger partial charge in [-0.25, -0.2) is 0 Å². The normalized spacial score (nSPS) is 18.4. The van der Waals surface area contributed by atoms with Gasteiger partial charge in [-0.3, -0.25) is 4.79 Å². The number of thiocarbonyl (C=S) groups is 1. The molecule has 3 nitrogen and oxygen atoms in total. The highest BCUT2D eigenvalue weighted by atomic mass is 32.1. The second-order valence-corrected chi connectivity index (χ2v) is 5.18. The average molecular weight is 262 g/mol. The van der Waals surface area contributed by atoms with Crippen LogP contribution in [0.2, 0.25) is 0 Å². The molecule has 0 aromatic heterocycles. The van der Waals surface area contributed by atoms with Crippen LogP contribution in [0.1, 0.15) is 36.8 Å². The van der Waals surface area contributed by atoms with E-state index in [-0.39, 0.29) is 17.9 Å². The Morgan fingerprint density at radius 3 is 2.89 bits per heavy atom. The van der Waals surface area contributed by atoms with Crippen LogP contribution >= 0.6 is 12.2 Å². The molecule has 1 amide bonds. The Morgan fingerprint density at radius 2 is 2.28 bits per heavy atom. The standard InChI is InChI=1S/C14H18N2OS/c1-2-5-12(13(15)18)16-14(17)11-8-9-6-3-4-7-10(9)11/h3-4,6-7,11-12H,2,5,8H2,1H3,(H2,15,18)(H,16,17). The Balaban J connectivity index is 2.00. The lowest BCUT2D eigenvalue weighted by atomic mass is 9.77. The van der Waals surface area contributed by atoms with Crippen molar-refractivity contribution in [3.8, 4) is 0 Å². The highest BCUT2D eigenvalue weighted by Crippen LogP contribution is 2.34. The van der Waals surface area contributed by atoms with Crippen LogP contribution in [0.15, 0.2) is 24.3 Å². The summed E-state index contributed by atoms with van der Waals surface area (Å²) < 4.78 is 0. The molecule has 2 unspecified atom stereocenters. The fourth-order valence-corrected chi connectivity index (χ4v) is 2.52. The first-order valence-electron chi connectivity index (χ1n) is 6.31. The third kappa shape index (κ3) is 2.53. The summed E-state index contributed by atoms with van der Waals surface area (Å²) in [6.07, 6.45) is 2.57. The second-order valence-electron chi connectivity index (χ2n) is 4.71. The number of nitrogens with one attached hydrogen (secondary N) is 1. The molecule has 0 heterocycles. The molecule has 1 aromatic rings. The SMILES string of the molecule is CCCC(NC(=O)C1Cc2ccccc21)C(N)=S. The van der Waals surface area contributed by atoms with Crippen LogP contribution in [0.3, 0.4) is 0 Å². The van der Waals surface area contributed by atoms with Crippen molar-refractivity contribution in [1.29, 1.82) is 0 Å². The lowest BCUT2D eigenvalue weighted by Crippen LogP contribution is -2.47. The summed E-state index contributed by atoms with van der Waals surface area (Å²) in [5, 5.41) is 2.96. The minimum atomic E-state index is -0.176. The Morgan fingerprint density at radius 1 is 1.56 bits per heavy atom. The minimum Gasteiger partial charge on any atom is -0.392 e. The lowest BCUT2D eigenvalue weighted by Gasteiger charge is -2.30. The van der Waals surface area contributed by atoms with Crippen LogP contribution in [-0.2, 0) is 11.2 Å². The molecule has 3 N–H and O–H groups in total. The summed E-state index contributed by atoms with van der Waals surface area (Å²) in [4.78, 5) is 12.5. The number of hydrogen-bond acceptors (Lipinski definition) is 2. The summed E-state index contributed by atoms with van der Waals surface area (Å²) in [5.74, 6) is 0.00913. The van der Waals surface area contributed by atoms with Crippen LogP contribution in [0.4, 0.5) is 0 Å². The number of carbonyl (C=O) groups excluding carboxylic acids is 1. The van der Waals surface area contributed by atoms with E-state index in [1.54, 1.807) is 0 Å². The van der Waals surface area contributed by atoms with Crippen LogP contribution in [-0.4, -0.2) is 16.9 Å². The maximum Gasteiger partial charge on any atom is 0.228 e. The molecule has 0 aliphatic heterocycles. The monoisotopic (exact) mass is 262 g/mol. The van der Waals surface area contributed by atoms with Gasteiger partial charge in [0.2, 0.25) is 5.91 Å². The topological polar surface area (TPSA) is 55.1 Å². The van der Waals surface area contributed by atoms with Gasteiger partial charge in [-0.1, -0.05) is 49.8 Å². The molecule has 1 aliphatic carbocycles. The zero-order valence-electron chi connectivity index (χ0n) is 10.5. The summed E-state index contributed by atoms with van der Waals surface area (Å²) in [6, 6.07) is 7.87. The smallest absolute Gasteiger partial charge is 0.228 e. The molecule has 0 bridgehead atoms. The van der Waals surface area contributed by atoms with Crippen LogP contribution in [0.25, 0.3) is 0 Å². The van der Waals surface area contributed by atoms with Crippen molar-refractivity contribution >= 4 is 23.1 Å². The molecule has 1 aliphatic rings. The van der Waals surface area contributed by atoms with Crippen LogP contribution in [0, 0.1) is 0 Å². The predicted molar refractivity (Wildman–Crippen MR) is 76.5 cm³/mol. The molecule has 0 saturated carbocycles. The molecule has 2 rings (SSSR count). The molecule has 1 aromatic carbocycles. The Labute approximate surface area is 113 Å². The van der Waals surface area contributed by atoms with Crippen molar-refractivity contribution in [2.75, 3.05) is 0 Å². The molecule has 18 heavy (non-hydrogen) atoms. The lowest BCUT2D eigenvalue weighted by molar-refractivity contribution is -0.123. The van der Waals surface area contributed by atoms with E-state index in [9.17, 15) is 4.79 Å². The third-order valence-electron chi connectivity index (χ3n) is 3.41. The molecule has 96 valence electrons. The van der Waals surface area contributed by atoms with Gasteiger partial charge in [0.1, 0.15) is 0 Å². The third-order valence-corrected chi connectivity index (χ3v) is 3.69. The van der Waals surface area contributed by atoms with E-state index >= 15 is 0 Å². The van der Waals surface area contributed by atoms with Crippen molar-refractivity contribution in [2.45, 2.75) is 38.1 Å². The van der Waals surface area contributed by atoms with E-state index < -0.39 is 0 Å². The van der Waals surface area contributed by atoms with Gasteiger partial charge in [0.15, 0.2) is 0 Å². The molecular weight excluding hydrogens is 244 g/mol. The van der Waals surface area contributed by atoms with Gasteiger partial charge in [0, 0.05) is 0 Å². The van der Waals surface area contributed by atoms with Gasteiger partial charge in [-0.05, 0) is 24.0 Å². The maximum atomic E-state index is 12.2. The first-order chi connectivity index (χ1) is 8.63. The van der Waals surface area contributed by atoms with Gasteiger partial charge in [-0.2, -0.15) is 0 Å². The Bertz CT molecular complexity index is 473. The summed E-state index contributed by atoms with van der Waals surface area (Å²) in [5.41, 5.74) is 8.04. The molecule has 4 heteroatoms. The first-order valence-corrected chi connectivity index (χ1v) is 6.71. The van der Waals surface area contributed by atoms with Crippen LogP contribution in [0.5, 0.6) is 0 Å². The Hall–Kier alpha value is -1.42. The highest BCUT2D eigenvalue weighted by Gasteiger charge is 2.32. The van der Waals surface area contributed by atoms with Gasteiger partial charge < -0.3 is 11.1 Å². The molecular formula is C14H18N2OS. The van der Waals surface area contributed by atoms with Gasteiger partial charge in [-0.15, -0.1) is 0 Å². The van der Waals surface area contributed by atoms with Gasteiger partial charge in [0.05, 0.1) is 16.9 Å². The number of nitrogens with two attached hydrogens (primary N) is 1. The number of benzene rings is 1. The summed E-state index contributed by atoms with van der Waals surface area (Å²) in [6.45, 7) is 2.05. The highest BCUT2D eigenvalue weighted by molar-refractivity contribution is 7.80. The molecule has 2 atom stereocenters. The van der Waals surface area contributed by atoms with Crippen molar-refractivity contribution < 1.29 is 4.79 Å². The van der Waals surface area contributed by atoms with E-state index in [4.69, 9.17) is 18.0 Å². The molecule has 0 saturated heterocycles. The first kappa shape index (κ1) is 13.0. The number of fused-ring (bicyclic) bond motifs is 1. The van der Waals surface area contributed by atoms with Gasteiger partial charge >= 0.3 is 0 Å². The van der Waals surface area contributed by atoms with E-state index in [0.29, 0.717) is 4.99 Å². The van der Waals surface area contributed by atoms with E-state index in [1.807, 2.05) is 18.2 Å². The minimum absolute atomic E-state index is 0.0325. The van der Waals surface area contributed by atoms with Crippen molar-refractivity contribution in [3.63, 3.8) is 0 Å². The van der Waals surface area contributed by atoms with Crippen molar-refractivity contribution in [1.82, 2.24) is 5.32 Å². The van der Waals surface area contributed by atoms with E-state index in [2.05, 4.69) is 18.3 Å². The average Bonchev–Trinajstić information content (AvgIpc) is 2.30. The second kappa shape index (κ2) is 5.48. The van der Waals surface area contributed by atoms with E-state index in [0.717, 1.165) is 24.8 Å². The zero-order chi connectivity index (χ0) is 13.1. The number of amides is 1. The van der Waals surface area contributed by atoms with Crippen LogP contribution < -0.4 is 11.1 Å². The fourth-order valence-electron chi connectivity index (χ4n) is 2.34. The largest absolute Gasteiger partial charge is 0.392 e. The van der Waals surface area contributed by atoms with Gasteiger partial charge in [0.25, 0.3) is 0 Å². The fraction of sp³-hybridized carbons (Fsp3) is 0.429. The molecule has 0 radical (unpaired) electrons. The molecule has 0 spiro atoms. The van der Waals surface area contributed by atoms with Crippen molar-refractivity contribution in [2.24, 2.45) is 5.73 Å². The Kier molecular flexibility index (Phi) is 3.97. The maximum absolute atomic E-state index is 12.2. The predicted octanol–water partition coefficient (Wildman–Crippen LogP) is 1.90. The number of rotatable bonds is 5. The van der Waals surface area contributed by atoms with Crippen molar-refractivity contribution in [3.05, 3.63) is 35.4 Å². The number of carbonyl (C=O) groups is 1. The molecule has 0 fully saturated rings. The zero-order valence-corrected chi connectivity index (χ0v) is 11.3.